The van der Waals surface area contributed by atoms with Crippen LogP contribution in [-0.2, 0) is 9.53 Å². The van der Waals surface area contributed by atoms with E-state index in [1.54, 1.807) is 0 Å². The Morgan fingerprint density at radius 1 is 0.690 bits per heavy atom. The molecule has 0 aliphatic heterocycles. The standard InChI is InChI=1S/C25H50O4/c1-5-24(6-2,16-9-12-20-26)17-10-13-21-29-22-14-11-18-25(7-3,8-4)19-15-23(27)28/h26H,5-22H2,1-4H3,(H,27,28). The van der Waals surface area contributed by atoms with Crippen molar-refractivity contribution in [1.82, 2.24) is 0 Å². The monoisotopic (exact) mass is 414 g/mol. The highest BCUT2D eigenvalue weighted by atomic mass is 16.5. The molecule has 4 heteroatoms. The third kappa shape index (κ3) is 12.6. The van der Waals surface area contributed by atoms with Gasteiger partial charge < -0.3 is 14.9 Å². The number of aliphatic hydroxyl groups is 1. The van der Waals surface area contributed by atoms with Crippen molar-refractivity contribution in [2.24, 2.45) is 10.8 Å². The van der Waals surface area contributed by atoms with Gasteiger partial charge in [0.15, 0.2) is 0 Å². The van der Waals surface area contributed by atoms with Gasteiger partial charge in [0.2, 0.25) is 0 Å². The first-order valence-electron chi connectivity index (χ1n) is 12.3. The van der Waals surface area contributed by atoms with Gasteiger partial charge in [0.05, 0.1) is 0 Å². The fraction of sp³-hybridized carbons (Fsp3) is 0.960. The fourth-order valence-electron chi connectivity index (χ4n) is 4.66. The Morgan fingerprint density at radius 2 is 1.10 bits per heavy atom. The number of rotatable bonds is 21. The zero-order chi connectivity index (χ0) is 22.0. The molecule has 0 aliphatic rings. The summed E-state index contributed by atoms with van der Waals surface area (Å²) in [7, 11) is 0. The lowest BCUT2D eigenvalue weighted by atomic mass is 9.74. The summed E-state index contributed by atoms with van der Waals surface area (Å²) in [5.74, 6) is -0.678. The molecule has 0 fully saturated rings. The summed E-state index contributed by atoms with van der Waals surface area (Å²) in [6.07, 6.45) is 15.9. The average Bonchev–Trinajstić information content (AvgIpc) is 2.73. The van der Waals surface area contributed by atoms with Crippen LogP contribution in [0.3, 0.4) is 0 Å². The van der Waals surface area contributed by atoms with Crippen LogP contribution in [0.4, 0.5) is 0 Å². The second-order valence-corrected chi connectivity index (χ2v) is 9.02. The van der Waals surface area contributed by atoms with Crippen LogP contribution >= 0.6 is 0 Å². The first kappa shape index (κ1) is 28.4. The van der Waals surface area contributed by atoms with Crippen LogP contribution in [-0.4, -0.2) is 36.0 Å². The highest BCUT2D eigenvalue weighted by Crippen LogP contribution is 2.38. The summed E-state index contributed by atoms with van der Waals surface area (Å²) in [6.45, 7) is 11.0. The van der Waals surface area contributed by atoms with Gasteiger partial charge in [-0.25, -0.2) is 0 Å². The molecule has 0 saturated heterocycles. The van der Waals surface area contributed by atoms with Crippen LogP contribution in [0.5, 0.6) is 0 Å². The van der Waals surface area contributed by atoms with Crippen LogP contribution in [0.15, 0.2) is 0 Å². The van der Waals surface area contributed by atoms with Crippen LogP contribution in [0.25, 0.3) is 0 Å². The Hall–Kier alpha value is -0.610. The number of aliphatic hydroxyl groups excluding tert-OH is 1. The molecule has 0 rings (SSSR count). The van der Waals surface area contributed by atoms with Gasteiger partial charge in [-0.3, -0.25) is 4.79 Å². The zero-order valence-corrected chi connectivity index (χ0v) is 19.9. The maximum atomic E-state index is 10.9. The second-order valence-electron chi connectivity index (χ2n) is 9.02. The van der Waals surface area contributed by atoms with E-state index in [0.717, 1.165) is 71.0 Å². The number of carboxylic acid groups (broad SMARTS) is 1. The number of unbranched alkanes of at least 4 members (excludes halogenated alkanes) is 3. The molecule has 0 atom stereocenters. The second kappa shape index (κ2) is 17.1. The van der Waals surface area contributed by atoms with Crippen LogP contribution in [0, 0.1) is 10.8 Å². The Kier molecular flexibility index (Phi) is 16.7. The molecule has 0 spiro atoms. The van der Waals surface area contributed by atoms with Crippen molar-refractivity contribution in [3.05, 3.63) is 0 Å². The van der Waals surface area contributed by atoms with E-state index >= 15 is 0 Å². The van der Waals surface area contributed by atoms with E-state index in [1.807, 2.05) is 0 Å². The third-order valence-electron chi connectivity index (χ3n) is 7.48. The average molecular weight is 415 g/mol. The summed E-state index contributed by atoms with van der Waals surface area (Å²) < 4.78 is 5.87. The number of carboxylic acids is 1. The summed E-state index contributed by atoms with van der Waals surface area (Å²) >= 11 is 0. The Balaban J connectivity index is 3.93. The molecule has 0 aromatic carbocycles. The Labute approximate surface area is 180 Å². The Bertz CT molecular complexity index is 386. The molecule has 2 N–H and O–H groups in total. The molecule has 29 heavy (non-hydrogen) atoms. The molecule has 0 aliphatic carbocycles. The number of aliphatic carboxylic acids is 1. The van der Waals surface area contributed by atoms with E-state index in [2.05, 4.69) is 27.7 Å². The molecule has 0 bridgehead atoms. The number of hydrogen-bond donors (Lipinski definition) is 2. The first-order chi connectivity index (χ1) is 13.9. The molecule has 0 radical (unpaired) electrons. The first-order valence-corrected chi connectivity index (χ1v) is 12.3. The van der Waals surface area contributed by atoms with Gasteiger partial charge in [-0.1, -0.05) is 72.6 Å². The van der Waals surface area contributed by atoms with Gasteiger partial charge in [-0.2, -0.15) is 0 Å². The highest BCUT2D eigenvalue weighted by Gasteiger charge is 2.26. The molecule has 0 aromatic rings. The van der Waals surface area contributed by atoms with Crippen molar-refractivity contribution in [3.63, 3.8) is 0 Å². The Morgan fingerprint density at radius 3 is 1.48 bits per heavy atom. The van der Waals surface area contributed by atoms with Crippen LogP contribution in [0.1, 0.15) is 124 Å². The lowest BCUT2D eigenvalue weighted by molar-refractivity contribution is -0.137. The molecule has 174 valence electrons. The number of hydrogen-bond acceptors (Lipinski definition) is 3. The zero-order valence-electron chi connectivity index (χ0n) is 19.9. The molecule has 0 aromatic heterocycles. The van der Waals surface area contributed by atoms with Gasteiger partial charge in [0.25, 0.3) is 0 Å². The van der Waals surface area contributed by atoms with E-state index < -0.39 is 5.97 Å². The summed E-state index contributed by atoms with van der Waals surface area (Å²) in [5.41, 5.74) is 0.646. The quantitative estimate of drug-likeness (QED) is 0.199. The molecule has 0 amide bonds. The van der Waals surface area contributed by atoms with Crippen LogP contribution < -0.4 is 0 Å². The van der Waals surface area contributed by atoms with E-state index in [0.29, 0.717) is 12.0 Å². The van der Waals surface area contributed by atoms with Crippen molar-refractivity contribution < 1.29 is 19.7 Å². The van der Waals surface area contributed by atoms with Crippen molar-refractivity contribution in [2.75, 3.05) is 19.8 Å². The summed E-state index contributed by atoms with van der Waals surface area (Å²) in [5, 5.41) is 18.0. The number of carbonyl (C=O) groups is 1. The van der Waals surface area contributed by atoms with Gasteiger partial charge in [0.1, 0.15) is 0 Å². The molecular formula is C25H50O4. The van der Waals surface area contributed by atoms with E-state index in [9.17, 15) is 4.79 Å². The van der Waals surface area contributed by atoms with Crippen molar-refractivity contribution in [2.45, 2.75) is 124 Å². The largest absolute Gasteiger partial charge is 0.481 e. The third-order valence-corrected chi connectivity index (χ3v) is 7.48. The predicted octanol–water partition coefficient (Wildman–Crippen LogP) is 6.98. The molecule has 4 nitrogen and oxygen atoms in total. The molecule has 0 saturated carbocycles. The normalized spacial score (nSPS) is 12.4. The van der Waals surface area contributed by atoms with E-state index in [4.69, 9.17) is 14.9 Å². The maximum absolute atomic E-state index is 10.9. The predicted molar refractivity (Wildman–Crippen MR) is 122 cm³/mol. The smallest absolute Gasteiger partial charge is 0.303 e. The van der Waals surface area contributed by atoms with Crippen LogP contribution in [0.2, 0.25) is 0 Å². The summed E-state index contributed by atoms with van der Waals surface area (Å²) in [4.78, 5) is 10.9. The number of ether oxygens (including phenoxy) is 1. The topological polar surface area (TPSA) is 66.8 Å². The summed E-state index contributed by atoms with van der Waals surface area (Å²) in [6, 6.07) is 0. The lowest BCUT2D eigenvalue weighted by Gasteiger charge is -2.32. The fourth-order valence-corrected chi connectivity index (χ4v) is 4.66. The minimum atomic E-state index is -0.678. The lowest BCUT2D eigenvalue weighted by Crippen LogP contribution is -2.20. The molecule has 0 unspecified atom stereocenters. The SMILES string of the molecule is CCC(CC)(CCCCO)CCCCOCCCCC(CC)(CC)CCC(=O)O. The minimum absolute atomic E-state index is 0.193. The molecular weight excluding hydrogens is 364 g/mol. The minimum Gasteiger partial charge on any atom is -0.481 e. The van der Waals surface area contributed by atoms with Gasteiger partial charge in [0, 0.05) is 26.2 Å². The van der Waals surface area contributed by atoms with Crippen molar-refractivity contribution in [1.29, 1.82) is 0 Å². The highest BCUT2D eigenvalue weighted by molar-refractivity contribution is 5.66. The van der Waals surface area contributed by atoms with E-state index in [1.165, 1.54) is 32.1 Å². The van der Waals surface area contributed by atoms with Gasteiger partial charge in [-0.15, -0.1) is 0 Å². The van der Waals surface area contributed by atoms with Gasteiger partial charge in [-0.05, 0) is 55.8 Å². The molecule has 0 heterocycles. The van der Waals surface area contributed by atoms with Crippen molar-refractivity contribution in [3.8, 4) is 0 Å². The maximum Gasteiger partial charge on any atom is 0.303 e. The van der Waals surface area contributed by atoms with Crippen molar-refractivity contribution >= 4 is 5.97 Å². The van der Waals surface area contributed by atoms with Gasteiger partial charge >= 0.3 is 5.97 Å². The van der Waals surface area contributed by atoms with E-state index in [-0.39, 0.29) is 11.8 Å².